The highest BCUT2D eigenvalue weighted by molar-refractivity contribution is 6.03. The average Bonchev–Trinajstić information content (AvgIpc) is 3.45. The molecule has 7 nitrogen and oxygen atoms in total. The Kier molecular flexibility index (Phi) is 7.50. The van der Waals surface area contributed by atoms with E-state index in [-0.39, 0.29) is 6.04 Å². The number of carboxylic acids is 1. The Morgan fingerprint density at radius 1 is 1.07 bits per heavy atom. The second-order valence-corrected chi connectivity index (χ2v) is 10.7. The summed E-state index contributed by atoms with van der Waals surface area (Å²) < 4.78 is 14.3. The lowest BCUT2D eigenvalue weighted by atomic mass is 9.93. The molecule has 6 rings (SSSR count). The Bertz CT molecular complexity index is 1580. The van der Waals surface area contributed by atoms with Crippen LogP contribution >= 0.6 is 0 Å². The number of ether oxygens (including phenoxy) is 2. The third kappa shape index (κ3) is 4.73. The maximum absolute atomic E-state index is 12.8. The standard InChI is InChI=1S/C33H37N3O4/c1-3-28-30-26-15-9-14-24-25(16-10-20-40-29-17-8-12-22-11-4-5-13-23(22)29)32(33(37)38)36(31(24)26)18-6-7-19-39-21-27(30)34-35(28)2/h4-5,8-9,11-15,17,28,34H,3,6-7,10,16,18-21H2,1-2H3,(H,37,38). The number of rotatable bonds is 7. The summed E-state index contributed by atoms with van der Waals surface area (Å²) in [7, 11) is 2.07. The Balaban J connectivity index is 1.38. The molecule has 7 heteroatoms. The van der Waals surface area contributed by atoms with E-state index in [2.05, 4.69) is 65.4 Å². The van der Waals surface area contributed by atoms with Gasteiger partial charge in [0.1, 0.15) is 11.4 Å². The molecule has 3 heterocycles. The zero-order valence-corrected chi connectivity index (χ0v) is 23.3. The van der Waals surface area contributed by atoms with Crippen LogP contribution in [0, 0.1) is 0 Å². The fourth-order valence-corrected chi connectivity index (χ4v) is 6.50. The minimum Gasteiger partial charge on any atom is -0.493 e. The van der Waals surface area contributed by atoms with Crippen molar-refractivity contribution in [1.82, 2.24) is 15.0 Å². The van der Waals surface area contributed by atoms with Gasteiger partial charge in [-0.3, -0.25) is 0 Å². The van der Waals surface area contributed by atoms with Crippen molar-refractivity contribution in [3.8, 4) is 5.75 Å². The molecule has 0 spiro atoms. The third-order valence-corrected chi connectivity index (χ3v) is 8.25. The highest BCUT2D eigenvalue weighted by Crippen LogP contribution is 2.39. The first-order chi connectivity index (χ1) is 19.6. The summed E-state index contributed by atoms with van der Waals surface area (Å²) in [5.41, 5.74) is 9.23. The van der Waals surface area contributed by atoms with E-state index in [0.29, 0.717) is 38.5 Å². The fraction of sp³-hybridized carbons (Fsp3) is 0.364. The normalized spacial score (nSPS) is 18.0. The van der Waals surface area contributed by atoms with Gasteiger partial charge in [-0.2, -0.15) is 0 Å². The number of nitrogens with zero attached hydrogens (tertiary/aromatic N) is 2. The number of aromatic nitrogens is 1. The molecular formula is C33H37N3O4. The molecule has 0 saturated heterocycles. The van der Waals surface area contributed by atoms with E-state index in [1.807, 2.05) is 24.3 Å². The van der Waals surface area contributed by atoms with Crippen LogP contribution in [0.15, 0.2) is 66.4 Å². The Hall–Kier alpha value is -3.81. The summed E-state index contributed by atoms with van der Waals surface area (Å²) in [4.78, 5) is 12.8. The molecule has 0 saturated carbocycles. The van der Waals surface area contributed by atoms with Crippen molar-refractivity contribution in [2.45, 2.75) is 51.6 Å². The zero-order chi connectivity index (χ0) is 27.6. The second-order valence-electron chi connectivity index (χ2n) is 10.7. The molecule has 0 aliphatic carbocycles. The van der Waals surface area contributed by atoms with Gasteiger partial charge in [-0.05, 0) is 49.1 Å². The van der Waals surface area contributed by atoms with Crippen molar-refractivity contribution in [3.63, 3.8) is 0 Å². The molecule has 0 amide bonds. The van der Waals surface area contributed by atoms with E-state index in [1.165, 1.54) is 5.57 Å². The lowest BCUT2D eigenvalue weighted by Gasteiger charge is -2.22. The van der Waals surface area contributed by atoms with Crippen molar-refractivity contribution in [2.24, 2.45) is 0 Å². The number of hydrogen-bond acceptors (Lipinski definition) is 5. The fourth-order valence-electron chi connectivity index (χ4n) is 6.50. The van der Waals surface area contributed by atoms with Crippen molar-refractivity contribution in [1.29, 1.82) is 0 Å². The molecule has 0 bridgehead atoms. The molecule has 2 aliphatic heterocycles. The molecule has 2 N–H and O–H groups in total. The van der Waals surface area contributed by atoms with E-state index in [9.17, 15) is 9.90 Å². The van der Waals surface area contributed by atoms with Crippen LogP contribution in [0.1, 0.15) is 54.2 Å². The van der Waals surface area contributed by atoms with Gasteiger partial charge < -0.3 is 24.6 Å². The Morgan fingerprint density at radius 2 is 1.88 bits per heavy atom. The molecule has 1 aromatic heterocycles. The molecule has 4 aromatic rings. The average molecular weight is 540 g/mol. The van der Waals surface area contributed by atoms with E-state index in [0.717, 1.165) is 69.9 Å². The Labute approximate surface area is 235 Å². The molecular weight excluding hydrogens is 502 g/mol. The zero-order valence-electron chi connectivity index (χ0n) is 23.3. The molecule has 208 valence electrons. The number of hydrogen-bond donors (Lipinski definition) is 2. The first-order valence-corrected chi connectivity index (χ1v) is 14.4. The number of hydrazine groups is 1. The molecule has 0 fully saturated rings. The van der Waals surface area contributed by atoms with Gasteiger partial charge in [-0.15, -0.1) is 0 Å². The number of benzene rings is 3. The van der Waals surface area contributed by atoms with Gasteiger partial charge in [-0.25, -0.2) is 9.80 Å². The van der Waals surface area contributed by atoms with Crippen LogP contribution in [0.4, 0.5) is 0 Å². The maximum atomic E-state index is 12.8. The minimum absolute atomic E-state index is 0.180. The van der Waals surface area contributed by atoms with Crippen molar-refractivity contribution >= 4 is 33.2 Å². The maximum Gasteiger partial charge on any atom is 0.352 e. The highest BCUT2D eigenvalue weighted by Gasteiger charge is 2.33. The predicted octanol–water partition coefficient (Wildman–Crippen LogP) is 6.25. The van der Waals surface area contributed by atoms with Crippen molar-refractivity contribution in [2.75, 3.05) is 26.9 Å². The molecule has 0 radical (unpaired) electrons. The quantitative estimate of drug-likeness (QED) is 0.270. The number of aromatic carboxylic acids is 1. The van der Waals surface area contributed by atoms with E-state index >= 15 is 0 Å². The monoisotopic (exact) mass is 539 g/mol. The number of nitrogens with one attached hydrogen (secondary N) is 1. The van der Waals surface area contributed by atoms with Crippen LogP contribution < -0.4 is 10.2 Å². The number of fused-ring (bicyclic) bond motifs is 2. The van der Waals surface area contributed by atoms with Gasteiger partial charge in [0.25, 0.3) is 0 Å². The molecule has 40 heavy (non-hydrogen) atoms. The summed E-state index contributed by atoms with van der Waals surface area (Å²) in [6.07, 6.45) is 4.02. The summed E-state index contributed by atoms with van der Waals surface area (Å²) >= 11 is 0. The van der Waals surface area contributed by atoms with E-state index < -0.39 is 5.97 Å². The topological polar surface area (TPSA) is 76.0 Å². The minimum atomic E-state index is -0.874. The summed E-state index contributed by atoms with van der Waals surface area (Å²) in [5.74, 6) is -0.0120. The highest BCUT2D eigenvalue weighted by atomic mass is 16.5. The first kappa shape index (κ1) is 26.4. The second kappa shape index (κ2) is 11.4. The van der Waals surface area contributed by atoms with Crippen LogP contribution in [-0.4, -0.2) is 53.6 Å². The number of carboxylic acid groups (broad SMARTS) is 1. The van der Waals surface area contributed by atoms with Crippen LogP contribution in [0.3, 0.4) is 0 Å². The largest absolute Gasteiger partial charge is 0.493 e. The van der Waals surface area contributed by atoms with E-state index in [1.54, 1.807) is 0 Å². The summed E-state index contributed by atoms with van der Waals surface area (Å²) in [6, 6.07) is 20.8. The lowest BCUT2D eigenvalue weighted by molar-refractivity contribution is 0.0683. The van der Waals surface area contributed by atoms with Crippen molar-refractivity contribution in [3.05, 3.63) is 83.2 Å². The van der Waals surface area contributed by atoms with Crippen LogP contribution in [0.5, 0.6) is 5.75 Å². The van der Waals surface area contributed by atoms with E-state index in [4.69, 9.17) is 9.47 Å². The molecule has 3 aromatic carbocycles. The summed E-state index contributed by atoms with van der Waals surface area (Å²) in [6.45, 7) is 4.53. The summed E-state index contributed by atoms with van der Waals surface area (Å²) in [5, 5.41) is 15.9. The predicted molar refractivity (Wildman–Crippen MR) is 159 cm³/mol. The van der Waals surface area contributed by atoms with Crippen LogP contribution in [-0.2, 0) is 17.7 Å². The number of aryl methyl sites for hydroxylation is 2. The van der Waals surface area contributed by atoms with Gasteiger partial charge in [0.15, 0.2) is 0 Å². The van der Waals surface area contributed by atoms with Gasteiger partial charge in [0.05, 0.1) is 30.5 Å². The SMILES string of the molecule is CCC1C2=C(COCCCCn3c(C(=O)O)c(CCCOc4cccc5ccccc45)c4cccc2c43)NN1C. The number of para-hydroxylation sites is 1. The lowest BCUT2D eigenvalue weighted by Crippen LogP contribution is -2.35. The first-order valence-electron chi connectivity index (χ1n) is 14.4. The van der Waals surface area contributed by atoms with Crippen LogP contribution in [0.2, 0.25) is 0 Å². The molecule has 1 atom stereocenters. The van der Waals surface area contributed by atoms with Gasteiger partial charge in [-0.1, -0.05) is 61.5 Å². The smallest absolute Gasteiger partial charge is 0.352 e. The van der Waals surface area contributed by atoms with Crippen molar-refractivity contribution < 1.29 is 19.4 Å². The van der Waals surface area contributed by atoms with Gasteiger partial charge >= 0.3 is 5.97 Å². The third-order valence-electron chi connectivity index (χ3n) is 8.25. The number of likely N-dealkylation sites (N-methyl/N-ethyl adjacent to an activating group) is 1. The van der Waals surface area contributed by atoms with Gasteiger partial charge in [0, 0.05) is 42.1 Å². The number of carbonyl (C=O) groups is 1. The molecule has 2 aliphatic rings. The van der Waals surface area contributed by atoms with Crippen LogP contribution in [0.25, 0.3) is 27.2 Å². The van der Waals surface area contributed by atoms with Gasteiger partial charge in [0.2, 0.25) is 0 Å². The molecule has 1 unspecified atom stereocenters. The Morgan fingerprint density at radius 3 is 2.73 bits per heavy atom.